The van der Waals surface area contributed by atoms with E-state index in [-0.39, 0.29) is 11.8 Å². The summed E-state index contributed by atoms with van der Waals surface area (Å²) in [6, 6.07) is 12.0. The van der Waals surface area contributed by atoms with Gasteiger partial charge in [-0.2, -0.15) is 0 Å². The van der Waals surface area contributed by atoms with Crippen LogP contribution in [0.2, 0.25) is 5.02 Å². The van der Waals surface area contributed by atoms with Gasteiger partial charge in [0.15, 0.2) is 0 Å². The summed E-state index contributed by atoms with van der Waals surface area (Å²) in [7, 11) is 0. The molecule has 0 saturated carbocycles. The van der Waals surface area contributed by atoms with Crippen molar-refractivity contribution in [3.63, 3.8) is 0 Å². The van der Waals surface area contributed by atoms with Crippen molar-refractivity contribution in [1.29, 1.82) is 0 Å². The highest BCUT2D eigenvalue weighted by Crippen LogP contribution is 2.28. The number of hydrogen-bond acceptors (Lipinski definition) is 7. The molecular weight excluding hydrogens is 482 g/mol. The molecule has 0 bridgehead atoms. The number of carbonyl (C=O) groups excluding carboxylic acids is 1. The average molecular weight is 514 g/mol. The van der Waals surface area contributed by atoms with Crippen LogP contribution >= 0.6 is 22.9 Å². The quantitative estimate of drug-likeness (QED) is 0.465. The van der Waals surface area contributed by atoms with Crippen LogP contribution in [0, 0.1) is 5.92 Å². The van der Waals surface area contributed by atoms with E-state index >= 15 is 0 Å². The molecule has 1 N–H and O–H groups in total. The summed E-state index contributed by atoms with van der Waals surface area (Å²) in [5, 5.41) is 14.4. The first-order valence-corrected chi connectivity index (χ1v) is 13.6. The summed E-state index contributed by atoms with van der Waals surface area (Å²) in [6.45, 7) is 7.53. The second-order valence-corrected chi connectivity index (χ2v) is 10.5. The molecule has 3 aromatic rings. The first kappa shape index (κ1) is 24.1. The molecule has 2 fully saturated rings. The van der Waals surface area contributed by atoms with Gasteiger partial charge in [0.2, 0.25) is 16.2 Å². The molecule has 0 atom stereocenters. The largest absolute Gasteiger partial charge is 0.369 e. The fourth-order valence-electron chi connectivity index (χ4n) is 4.80. The monoisotopic (exact) mass is 513 g/mol. The molecule has 2 aliphatic heterocycles. The highest BCUT2D eigenvalue weighted by Gasteiger charge is 2.26. The molecule has 0 spiro atoms. The van der Waals surface area contributed by atoms with E-state index in [2.05, 4.69) is 36.3 Å². The molecule has 186 valence electrons. The van der Waals surface area contributed by atoms with Gasteiger partial charge in [-0.3, -0.25) is 14.3 Å². The van der Waals surface area contributed by atoms with Crippen molar-refractivity contribution in [2.75, 3.05) is 62.2 Å². The zero-order valence-electron chi connectivity index (χ0n) is 19.9. The van der Waals surface area contributed by atoms with E-state index in [9.17, 15) is 4.79 Å². The number of carbonyl (C=O) groups is 1. The van der Waals surface area contributed by atoms with Crippen molar-refractivity contribution in [3.05, 3.63) is 53.8 Å². The van der Waals surface area contributed by atoms with Crippen LogP contribution in [0.25, 0.3) is 5.13 Å². The third kappa shape index (κ3) is 6.15. The zero-order chi connectivity index (χ0) is 24.0. The van der Waals surface area contributed by atoms with E-state index in [1.54, 1.807) is 11.3 Å². The van der Waals surface area contributed by atoms with Crippen LogP contribution in [0.1, 0.15) is 19.3 Å². The molecule has 0 radical (unpaired) electrons. The van der Waals surface area contributed by atoms with Crippen LogP contribution in [0.4, 0.5) is 10.8 Å². The van der Waals surface area contributed by atoms with E-state index in [0.717, 1.165) is 86.9 Å². The number of rotatable bonds is 8. The maximum Gasteiger partial charge on any atom is 0.223 e. The Hall–Kier alpha value is -2.62. The summed E-state index contributed by atoms with van der Waals surface area (Å²) < 4.78 is 1.97. The van der Waals surface area contributed by atoms with Crippen molar-refractivity contribution in [2.45, 2.75) is 19.3 Å². The molecule has 10 heteroatoms. The fourth-order valence-corrected chi connectivity index (χ4v) is 5.85. The van der Waals surface area contributed by atoms with E-state index in [4.69, 9.17) is 11.6 Å². The van der Waals surface area contributed by atoms with E-state index < -0.39 is 0 Å². The lowest BCUT2D eigenvalue weighted by Crippen LogP contribution is -2.47. The fraction of sp³-hybridized carbons (Fsp3) is 0.480. The van der Waals surface area contributed by atoms with Gasteiger partial charge in [0, 0.05) is 74.8 Å². The van der Waals surface area contributed by atoms with Gasteiger partial charge in [-0.05, 0) is 56.1 Å². The van der Waals surface area contributed by atoms with Gasteiger partial charge >= 0.3 is 0 Å². The number of anilines is 2. The summed E-state index contributed by atoms with van der Waals surface area (Å²) in [6.07, 6.45) is 6.64. The zero-order valence-corrected chi connectivity index (χ0v) is 21.4. The number of nitrogens with one attached hydrogen (secondary N) is 1. The van der Waals surface area contributed by atoms with Gasteiger partial charge in [0.1, 0.15) is 0 Å². The van der Waals surface area contributed by atoms with Crippen LogP contribution in [-0.2, 0) is 4.79 Å². The van der Waals surface area contributed by atoms with Crippen molar-refractivity contribution < 1.29 is 4.79 Å². The van der Waals surface area contributed by atoms with Crippen molar-refractivity contribution in [3.8, 4) is 5.13 Å². The number of amides is 1. The molecule has 0 unspecified atom stereocenters. The van der Waals surface area contributed by atoms with Crippen LogP contribution in [0.3, 0.4) is 0 Å². The lowest BCUT2D eigenvalue weighted by atomic mass is 9.96. The molecule has 2 aromatic heterocycles. The molecule has 2 saturated heterocycles. The summed E-state index contributed by atoms with van der Waals surface area (Å²) >= 11 is 7.72. The lowest BCUT2D eigenvalue weighted by molar-refractivity contribution is -0.125. The number of nitrogens with zero attached hydrogens (tertiary/aromatic N) is 6. The van der Waals surface area contributed by atoms with Crippen LogP contribution in [0.5, 0.6) is 0 Å². The molecule has 35 heavy (non-hydrogen) atoms. The number of piperidine rings is 1. The Morgan fingerprint density at radius 2 is 1.71 bits per heavy atom. The average Bonchev–Trinajstić information content (AvgIpc) is 3.60. The predicted octanol–water partition coefficient (Wildman–Crippen LogP) is 3.53. The standard InChI is InChI=1S/C25H32ClN7OS/c26-21-5-3-6-22(19-21)31-17-15-30(16-18-31)10-4-9-27-23(34)20-7-13-33(14-8-20)25-29-28-24(35-25)32-11-1-2-12-32/h1-3,5-6,11-12,19-20H,4,7-10,13-18H2,(H,27,34). The Morgan fingerprint density at radius 3 is 2.46 bits per heavy atom. The van der Waals surface area contributed by atoms with E-state index in [1.807, 2.05) is 47.3 Å². The Morgan fingerprint density at radius 1 is 0.971 bits per heavy atom. The second kappa shape index (κ2) is 11.4. The van der Waals surface area contributed by atoms with Gasteiger partial charge in [-0.15, -0.1) is 10.2 Å². The first-order chi connectivity index (χ1) is 17.2. The Bertz CT molecular complexity index is 1090. The third-order valence-corrected chi connectivity index (χ3v) is 8.09. The van der Waals surface area contributed by atoms with Crippen LogP contribution in [0.15, 0.2) is 48.8 Å². The van der Waals surface area contributed by atoms with Gasteiger partial charge in [-0.1, -0.05) is 29.0 Å². The second-order valence-electron chi connectivity index (χ2n) is 9.17. The van der Waals surface area contributed by atoms with Crippen molar-refractivity contribution >= 4 is 39.7 Å². The summed E-state index contributed by atoms with van der Waals surface area (Å²) in [5.74, 6) is 0.282. The molecule has 1 amide bonds. The summed E-state index contributed by atoms with van der Waals surface area (Å²) in [4.78, 5) is 19.8. The Balaban J connectivity index is 0.977. The van der Waals surface area contributed by atoms with Crippen molar-refractivity contribution in [2.24, 2.45) is 5.92 Å². The molecule has 0 aliphatic carbocycles. The topological polar surface area (TPSA) is 69.5 Å². The van der Waals surface area contributed by atoms with Gasteiger partial charge < -0.3 is 15.1 Å². The van der Waals surface area contributed by atoms with E-state index in [0.29, 0.717) is 0 Å². The molecular formula is C25H32ClN7OS. The minimum Gasteiger partial charge on any atom is -0.369 e. The minimum absolute atomic E-state index is 0.0873. The number of piperazine rings is 1. The van der Waals surface area contributed by atoms with Crippen molar-refractivity contribution in [1.82, 2.24) is 25.0 Å². The SMILES string of the molecule is O=C(NCCCN1CCN(c2cccc(Cl)c2)CC1)C1CCN(c2nnc(-n3cccc3)s2)CC1. The maximum absolute atomic E-state index is 12.7. The molecule has 8 nitrogen and oxygen atoms in total. The number of hydrogen-bond donors (Lipinski definition) is 1. The molecule has 1 aromatic carbocycles. The smallest absolute Gasteiger partial charge is 0.223 e. The highest BCUT2D eigenvalue weighted by molar-refractivity contribution is 7.17. The number of benzene rings is 1. The van der Waals surface area contributed by atoms with Crippen LogP contribution < -0.4 is 15.1 Å². The predicted molar refractivity (Wildman–Crippen MR) is 142 cm³/mol. The number of aromatic nitrogens is 3. The lowest BCUT2D eigenvalue weighted by Gasteiger charge is -2.36. The molecule has 5 rings (SSSR count). The maximum atomic E-state index is 12.7. The number of halogens is 1. The Labute approximate surface area is 215 Å². The highest BCUT2D eigenvalue weighted by atomic mass is 35.5. The van der Waals surface area contributed by atoms with Crippen LogP contribution in [-0.4, -0.2) is 77.9 Å². The minimum atomic E-state index is 0.0873. The van der Waals surface area contributed by atoms with E-state index in [1.165, 1.54) is 5.69 Å². The Kier molecular flexibility index (Phi) is 7.85. The normalized spacial score (nSPS) is 17.6. The van der Waals surface area contributed by atoms with Gasteiger partial charge in [0.05, 0.1) is 0 Å². The molecule has 4 heterocycles. The van der Waals surface area contributed by atoms with Gasteiger partial charge in [0.25, 0.3) is 0 Å². The molecule has 2 aliphatic rings. The third-order valence-electron chi connectivity index (χ3n) is 6.86. The first-order valence-electron chi connectivity index (χ1n) is 12.4. The van der Waals surface area contributed by atoms with Gasteiger partial charge in [-0.25, -0.2) is 0 Å². The summed E-state index contributed by atoms with van der Waals surface area (Å²) in [5.41, 5.74) is 1.20.